The summed E-state index contributed by atoms with van der Waals surface area (Å²) in [5.74, 6) is -0.155. The Morgan fingerprint density at radius 3 is 2.76 bits per heavy atom. The predicted molar refractivity (Wildman–Crippen MR) is 73.6 cm³/mol. The van der Waals surface area contributed by atoms with Crippen LogP contribution in [0.1, 0.15) is 19.4 Å². The van der Waals surface area contributed by atoms with Crippen molar-refractivity contribution in [3.8, 4) is 0 Å². The molecule has 0 aliphatic rings. The number of hydrogen-bond donors (Lipinski definition) is 1. The van der Waals surface area contributed by atoms with Gasteiger partial charge in [-0.05, 0) is 39.1 Å². The van der Waals surface area contributed by atoms with Crippen LogP contribution in [0.3, 0.4) is 0 Å². The summed E-state index contributed by atoms with van der Waals surface area (Å²) < 4.78 is 14.3. The average Bonchev–Trinajstić information content (AvgIpc) is 2.28. The van der Waals surface area contributed by atoms with E-state index in [1.54, 1.807) is 6.07 Å². The monoisotopic (exact) mass is 302 g/mol. The van der Waals surface area contributed by atoms with Crippen molar-refractivity contribution in [1.82, 2.24) is 10.2 Å². The average molecular weight is 303 g/mol. The summed E-state index contributed by atoms with van der Waals surface area (Å²) in [7, 11) is 2.09. The highest BCUT2D eigenvalue weighted by Gasteiger charge is 2.04. The first-order valence-corrected chi connectivity index (χ1v) is 6.65. The van der Waals surface area contributed by atoms with E-state index in [-0.39, 0.29) is 5.82 Å². The molecule has 0 aliphatic heterocycles. The molecule has 0 bridgehead atoms. The van der Waals surface area contributed by atoms with Gasteiger partial charge >= 0.3 is 0 Å². The summed E-state index contributed by atoms with van der Waals surface area (Å²) in [6.45, 7) is 6.72. The Morgan fingerprint density at radius 2 is 2.12 bits per heavy atom. The summed E-state index contributed by atoms with van der Waals surface area (Å²) in [5.41, 5.74) is 0.701. The Morgan fingerprint density at radius 1 is 1.41 bits per heavy atom. The first-order valence-electron chi connectivity index (χ1n) is 5.85. The molecule has 0 aliphatic carbocycles. The molecule has 0 unspecified atom stereocenters. The van der Waals surface area contributed by atoms with E-state index in [1.807, 2.05) is 6.07 Å². The molecule has 17 heavy (non-hydrogen) atoms. The highest BCUT2D eigenvalue weighted by Crippen LogP contribution is 2.15. The molecular formula is C13H20BrFN2. The number of nitrogens with one attached hydrogen (secondary N) is 1. The quantitative estimate of drug-likeness (QED) is 0.813. The molecule has 0 heterocycles. The van der Waals surface area contributed by atoms with Crippen LogP contribution in [-0.4, -0.2) is 31.1 Å². The smallest absolute Gasteiger partial charge is 0.127 e. The van der Waals surface area contributed by atoms with Crippen LogP contribution in [0, 0.1) is 5.82 Å². The van der Waals surface area contributed by atoms with E-state index < -0.39 is 0 Å². The zero-order valence-electron chi connectivity index (χ0n) is 10.6. The van der Waals surface area contributed by atoms with Gasteiger partial charge in [-0.25, -0.2) is 4.39 Å². The molecular weight excluding hydrogens is 283 g/mol. The van der Waals surface area contributed by atoms with Crippen molar-refractivity contribution in [3.63, 3.8) is 0 Å². The zero-order chi connectivity index (χ0) is 12.8. The Bertz CT molecular complexity index is 355. The summed E-state index contributed by atoms with van der Waals surface area (Å²) in [6.07, 6.45) is 0. The van der Waals surface area contributed by atoms with E-state index in [2.05, 4.69) is 47.0 Å². The zero-order valence-corrected chi connectivity index (χ0v) is 12.2. The third-order valence-corrected chi connectivity index (χ3v) is 3.34. The van der Waals surface area contributed by atoms with E-state index >= 15 is 0 Å². The van der Waals surface area contributed by atoms with Crippen molar-refractivity contribution in [3.05, 3.63) is 34.1 Å². The maximum absolute atomic E-state index is 13.4. The van der Waals surface area contributed by atoms with Gasteiger partial charge in [-0.2, -0.15) is 0 Å². The van der Waals surface area contributed by atoms with E-state index in [1.165, 1.54) is 6.07 Å². The molecule has 4 heteroatoms. The molecule has 0 saturated heterocycles. The maximum Gasteiger partial charge on any atom is 0.127 e. The highest BCUT2D eigenvalue weighted by atomic mass is 79.9. The molecule has 96 valence electrons. The lowest BCUT2D eigenvalue weighted by Crippen LogP contribution is -2.33. The predicted octanol–water partition coefficient (Wildman–Crippen LogP) is 3.02. The largest absolute Gasteiger partial charge is 0.311 e. The van der Waals surface area contributed by atoms with Gasteiger partial charge in [0.25, 0.3) is 0 Å². The van der Waals surface area contributed by atoms with Crippen LogP contribution in [0.5, 0.6) is 0 Å². The first-order chi connectivity index (χ1) is 8.00. The summed E-state index contributed by atoms with van der Waals surface area (Å²) in [6, 6.07) is 5.56. The molecule has 0 spiro atoms. The third-order valence-electron chi connectivity index (χ3n) is 2.85. The van der Waals surface area contributed by atoms with Gasteiger partial charge in [0.15, 0.2) is 0 Å². The van der Waals surface area contributed by atoms with E-state index in [0.29, 0.717) is 18.2 Å². The van der Waals surface area contributed by atoms with E-state index in [9.17, 15) is 4.39 Å². The normalized spacial score (nSPS) is 11.5. The fourth-order valence-electron chi connectivity index (χ4n) is 1.42. The minimum Gasteiger partial charge on any atom is -0.311 e. The van der Waals surface area contributed by atoms with E-state index in [0.717, 1.165) is 17.6 Å². The third kappa shape index (κ3) is 5.15. The van der Waals surface area contributed by atoms with Crippen LogP contribution >= 0.6 is 15.9 Å². The molecule has 0 amide bonds. The van der Waals surface area contributed by atoms with Crippen LogP contribution < -0.4 is 5.32 Å². The number of benzene rings is 1. The fraction of sp³-hybridized carbons (Fsp3) is 0.538. The first kappa shape index (κ1) is 14.6. The minimum atomic E-state index is -0.155. The lowest BCUT2D eigenvalue weighted by Gasteiger charge is -2.21. The van der Waals surface area contributed by atoms with Gasteiger partial charge in [0.1, 0.15) is 5.82 Å². The van der Waals surface area contributed by atoms with Gasteiger partial charge in [-0.3, -0.25) is 0 Å². The SMILES string of the molecule is CC(C)N(C)CCNCc1cc(Br)ccc1F. The molecule has 1 aromatic rings. The summed E-state index contributed by atoms with van der Waals surface area (Å²) in [4.78, 5) is 2.25. The van der Waals surface area contributed by atoms with Crippen molar-refractivity contribution in [2.45, 2.75) is 26.4 Å². The number of halogens is 2. The van der Waals surface area contributed by atoms with Crippen molar-refractivity contribution in [1.29, 1.82) is 0 Å². The number of hydrogen-bond acceptors (Lipinski definition) is 2. The van der Waals surface area contributed by atoms with Crippen LogP contribution in [0.25, 0.3) is 0 Å². The molecule has 0 aromatic heterocycles. The van der Waals surface area contributed by atoms with Gasteiger partial charge in [0, 0.05) is 35.7 Å². The Kier molecular flexibility index (Phi) is 6.09. The minimum absolute atomic E-state index is 0.155. The molecule has 0 saturated carbocycles. The van der Waals surface area contributed by atoms with Gasteiger partial charge < -0.3 is 10.2 Å². The molecule has 0 atom stereocenters. The van der Waals surface area contributed by atoms with Gasteiger partial charge in [-0.1, -0.05) is 15.9 Å². The number of rotatable bonds is 6. The molecule has 0 radical (unpaired) electrons. The van der Waals surface area contributed by atoms with Gasteiger partial charge in [-0.15, -0.1) is 0 Å². The second-order valence-corrected chi connectivity index (χ2v) is 5.40. The van der Waals surface area contributed by atoms with Gasteiger partial charge in [0.2, 0.25) is 0 Å². The maximum atomic E-state index is 13.4. The Balaban J connectivity index is 2.33. The van der Waals surface area contributed by atoms with Crippen molar-refractivity contribution in [2.24, 2.45) is 0 Å². The van der Waals surface area contributed by atoms with Crippen LogP contribution in [0.2, 0.25) is 0 Å². The van der Waals surface area contributed by atoms with Crippen LogP contribution in [0.4, 0.5) is 4.39 Å². The van der Waals surface area contributed by atoms with Crippen molar-refractivity contribution < 1.29 is 4.39 Å². The van der Waals surface area contributed by atoms with Crippen molar-refractivity contribution in [2.75, 3.05) is 20.1 Å². The second kappa shape index (κ2) is 7.09. The molecule has 1 N–H and O–H groups in total. The lowest BCUT2D eigenvalue weighted by atomic mass is 10.2. The molecule has 0 fully saturated rings. The Hall–Kier alpha value is -0.450. The second-order valence-electron chi connectivity index (χ2n) is 4.49. The van der Waals surface area contributed by atoms with Crippen molar-refractivity contribution >= 4 is 15.9 Å². The fourth-order valence-corrected chi connectivity index (χ4v) is 1.82. The summed E-state index contributed by atoms with van der Waals surface area (Å²) in [5, 5.41) is 3.25. The molecule has 1 aromatic carbocycles. The van der Waals surface area contributed by atoms with Crippen LogP contribution in [0.15, 0.2) is 22.7 Å². The lowest BCUT2D eigenvalue weighted by molar-refractivity contribution is 0.273. The molecule has 1 rings (SSSR count). The summed E-state index contributed by atoms with van der Waals surface area (Å²) >= 11 is 3.34. The topological polar surface area (TPSA) is 15.3 Å². The molecule has 2 nitrogen and oxygen atoms in total. The standard InChI is InChI=1S/C13H20BrFN2/c1-10(2)17(3)7-6-16-9-11-8-12(14)4-5-13(11)15/h4-5,8,10,16H,6-7,9H2,1-3H3. The van der Waals surface area contributed by atoms with Crippen LogP contribution in [-0.2, 0) is 6.54 Å². The number of nitrogens with zero attached hydrogens (tertiary/aromatic N) is 1. The number of likely N-dealkylation sites (N-methyl/N-ethyl adjacent to an activating group) is 1. The highest BCUT2D eigenvalue weighted by molar-refractivity contribution is 9.10. The van der Waals surface area contributed by atoms with E-state index in [4.69, 9.17) is 0 Å². The van der Waals surface area contributed by atoms with Gasteiger partial charge in [0.05, 0.1) is 0 Å². The Labute approximate surface area is 111 Å².